The number of anilines is 4. The Kier molecular flexibility index (Phi) is 13.4. The van der Waals surface area contributed by atoms with Crippen molar-refractivity contribution in [3.8, 4) is 0 Å². The Morgan fingerprint density at radius 1 is 0.583 bits per heavy atom. The van der Waals surface area contributed by atoms with E-state index in [0.717, 1.165) is 0 Å². The topological polar surface area (TPSA) is 222 Å². The van der Waals surface area contributed by atoms with Crippen molar-refractivity contribution < 1.29 is 10.2 Å². The number of rotatable bonds is 0. The van der Waals surface area contributed by atoms with E-state index in [1.807, 2.05) is 0 Å². The van der Waals surface area contributed by atoms with Crippen LogP contribution in [0.3, 0.4) is 0 Å². The van der Waals surface area contributed by atoms with E-state index in [1.54, 1.807) is 27.7 Å². The van der Waals surface area contributed by atoms with Gasteiger partial charge in [0.25, 0.3) is 0 Å². The molecule has 12 nitrogen and oxygen atoms in total. The summed E-state index contributed by atoms with van der Waals surface area (Å²) in [7, 11) is 0. The lowest BCUT2D eigenvalue weighted by Crippen LogP contribution is -2.03. The second-order valence-electron chi connectivity index (χ2n) is 3.83. The molecule has 0 atom stereocenters. The molecular weight excluding hydrogens is 316 g/mol. The number of aromatic nitrogens is 6. The van der Waals surface area contributed by atoms with Crippen molar-refractivity contribution >= 4 is 23.8 Å². The SMILES string of the molecule is CCO.CCO.Cc1nc(N)nc(N)n1.Cc1nc(N)nc(N)n1. The molecule has 0 spiro atoms. The lowest BCUT2D eigenvalue weighted by Gasteiger charge is -1.93. The van der Waals surface area contributed by atoms with Crippen molar-refractivity contribution in [1.29, 1.82) is 0 Å². The van der Waals surface area contributed by atoms with Gasteiger partial charge in [-0.1, -0.05) is 0 Å². The van der Waals surface area contributed by atoms with Gasteiger partial charge in [-0.15, -0.1) is 0 Å². The maximum atomic E-state index is 7.57. The van der Waals surface area contributed by atoms with Crippen LogP contribution in [0, 0.1) is 13.8 Å². The zero-order chi connectivity index (χ0) is 19.1. The molecule has 2 heterocycles. The third-order valence-electron chi connectivity index (χ3n) is 1.56. The van der Waals surface area contributed by atoms with Crippen LogP contribution < -0.4 is 22.9 Å². The molecule has 2 aromatic rings. The number of aliphatic hydroxyl groups excluding tert-OH is 2. The summed E-state index contributed by atoms with van der Waals surface area (Å²) < 4.78 is 0. The lowest BCUT2D eigenvalue weighted by molar-refractivity contribution is 0.318. The van der Waals surface area contributed by atoms with Crippen LogP contribution in [0.2, 0.25) is 0 Å². The second kappa shape index (κ2) is 13.8. The smallest absolute Gasteiger partial charge is 0.225 e. The number of aliphatic hydroxyl groups is 2. The van der Waals surface area contributed by atoms with Gasteiger partial charge in [0, 0.05) is 13.2 Å². The molecule has 0 aliphatic rings. The zero-order valence-corrected chi connectivity index (χ0v) is 14.3. The van der Waals surface area contributed by atoms with Gasteiger partial charge >= 0.3 is 0 Å². The molecule has 24 heavy (non-hydrogen) atoms. The number of nitrogen functional groups attached to an aromatic ring is 4. The highest BCUT2D eigenvalue weighted by Gasteiger charge is 1.93. The Labute approximate surface area is 140 Å². The normalized spacial score (nSPS) is 8.58. The summed E-state index contributed by atoms with van der Waals surface area (Å²) in [4.78, 5) is 22.0. The summed E-state index contributed by atoms with van der Waals surface area (Å²) in [6.45, 7) is 7.27. The third-order valence-corrected chi connectivity index (χ3v) is 1.56. The van der Waals surface area contributed by atoms with Crippen molar-refractivity contribution in [2.75, 3.05) is 36.1 Å². The van der Waals surface area contributed by atoms with Gasteiger partial charge in [0.1, 0.15) is 11.6 Å². The van der Waals surface area contributed by atoms with E-state index in [4.69, 9.17) is 33.1 Å². The summed E-state index contributed by atoms with van der Waals surface area (Å²) in [6.07, 6.45) is 0. The fourth-order valence-corrected chi connectivity index (χ4v) is 1.05. The van der Waals surface area contributed by atoms with Crippen LogP contribution in [-0.4, -0.2) is 53.3 Å². The summed E-state index contributed by atoms with van der Waals surface area (Å²) >= 11 is 0. The maximum Gasteiger partial charge on any atom is 0.225 e. The fourth-order valence-electron chi connectivity index (χ4n) is 1.05. The largest absolute Gasteiger partial charge is 0.397 e. The van der Waals surface area contributed by atoms with E-state index in [-0.39, 0.29) is 37.0 Å². The fraction of sp³-hybridized carbons (Fsp3) is 0.500. The molecule has 136 valence electrons. The monoisotopic (exact) mass is 342 g/mol. The lowest BCUT2D eigenvalue weighted by atomic mass is 10.7. The van der Waals surface area contributed by atoms with Crippen molar-refractivity contribution in [2.45, 2.75) is 27.7 Å². The average molecular weight is 342 g/mol. The summed E-state index contributed by atoms with van der Waals surface area (Å²) in [6, 6.07) is 0. The minimum atomic E-state index is 0.167. The number of nitrogens with two attached hydrogens (primary N) is 4. The molecule has 2 rings (SSSR count). The van der Waals surface area contributed by atoms with Gasteiger partial charge in [0.05, 0.1) is 0 Å². The molecule has 0 aliphatic carbocycles. The van der Waals surface area contributed by atoms with Gasteiger partial charge in [-0.3, -0.25) is 0 Å². The maximum absolute atomic E-state index is 7.57. The molecule has 0 aromatic carbocycles. The number of hydrogen-bond acceptors (Lipinski definition) is 12. The minimum Gasteiger partial charge on any atom is -0.397 e. The minimum absolute atomic E-state index is 0.167. The highest BCUT2D eigenvalue weighted by molar-refractivity contribution is 5.25. The van der Waals surface area contributed by atoms with Gasteiger partial charge in [0.2, 0.25) is 23.8 Å². The van der Waals surface area contributed by atoms with E-state index in [2.05, 4.69) is 29.9 Å². The van der Waals surface area contributed by atoms with Crippen molar-refractivity contribution in [3.05, 3.63) is 11.6 Å². The summed E-state index contributed by atoms with van der Waals surface area (Å²) in [5, 5.41) is 15.1. The van der Waals surface area contributed by atoms with Crippen molar-refractivity contribution in [3.63, 3.8) is 0 Å². The average Bonchev–Trinajstić information content (AvgIpc) is 2.37. The quantitative estimate of drug-likeness (QED) is 0.328. The third kappa shape index (κ3) is 14.1. The van der Waals surface area contributed by atoms with Crippen LogP contribution in [0.4, 0.5) is 23.8 Å². The first kappa shape index (κ1) is 23.4. The van der Waals surface area contributed by atoms with Gasteiger partial charge in [-0.05, 0) is 27.7 Å². The highest BCUT2D eigenvalue weighted by Crippen LogP contribution is 1.95. The molecule has 12 heteroatoms. The van der Waals surface area contributed by atoms with E-state index in [0.29, 0.717) is 11.6 Å². The molecule has 0 saturated heterocycles. The first-order valence-corrected chi connectivity index (χ1v) is 6.88. The van der Waals surface area contributed by atoms with Crippen molar-refractivity contribution in [1.82, 2.24) is 29.9 Å². The predicted octanol–water partition coefficient (Wildman–Crippen LogP) is -1.31. The Morgan fingerprint density at radius 3 is 0.875 bits per heavy atom. The highest BCUT2D eigenvalue weighted by atomic mass is 16.3. The Bertz CT molecular complexity index is 429. The molecule has 10 N–H and O–H groups in total. The van der Waals surface area contributed by atoms with Gasteiger partial charge in [-0.25, -0.2) is 0 Å². The van der Waals surface area contributed by atoms with E-state index >= 15 is 0 Å². The standard InChI is InChI=1S/2C4H7N5.2C2H6O/c2*1-2-7-3(5)9-4(6)8-2;2*1-2-3/h2*1H3,(H4,5,6,7,8,9);2*3H,2H2,1H3. The first-order chi connectivity index (χ1) is 11.2. The Morgan fingerprint density at radius 2 is 0.750 bits per heavy atom. The van der Waals surface area contributed by atoms with E-state index in [1.165, 1.54) is 0 Å². The number of hydrogen-bond donors (Lipinski definition) is 6. The van der Waals surface area contributed by atoms with Crippen molar-refractivity contribution in [2.24, 2.45) is 0 Å². The molecule has 0 unspecified atom stereocenters. The summed E-state index contributed by atoms with van der Waals surface area (Å²) in [5.41, 5.74) is 20.9. The summed E-state index contributed by atoms with van der Waals surface area (Å²) in [5.74, 6) is 1.75. The zero-order valence-electron chi connectivity index (χ0n) is 14.3. The van der Waals surface area contributed by atoms with Crippen LogP contribution in [-0.2, 0) is 0 Å². The van der Waals surface area contributed by atoms with Crippen LogP contribution in [0.15, 0.2) is 0 Å². The molecule has 0 amide bonds. The van der Waals surface area contributed by atoms with Gasteiger partial charge in [0.15, 0.2) is 0 Å². The predicted molar refractivity (Wildman–Crippen MR) is 92.3 cm³/mol. The second-order valence-corrected chi connectivity index (χ2v) is 3.83. The van der Waals surface area contributed by atoms with E-state index < -0.39 is 0 Å². The molecular formula is C12H26N10O2. The van der Waals surface area contributed by atoms with Crippen LogP contribution in [0.5, 0.6) is 0 Å². The molecule has 0 saturated carbocycles. The molecule has 0 radical (unpaired) electrons. The number of nitrogens with zero attached hydrogens (tertiary/aromatic N) is 6. The number of aryl methyl sites for hydroxylation is 2. The molecule has 2 aromatic heterocycles. The van der Waals surface area contributed by atoms with Gasteiger partial charge < -0.3 is 33.1 Å². The molecule has 0 aliphatic heterocycles. The molecule has 0 fully saturated rings. The van der Waals surface area contributed by atoms with Crippen LogP contribution in [0.25, 0.3) is 0 Å². The van der Waals surface area contributed by atoms with Gasteiger partial charge in [-0.2, -0.15) is 29.9 Å². The Balaban J connectivity index is 0. The first-order valence-electron chi connectivity index (χ1n) is 6.88. The van der Waals surface area contributed by atoms with Crippen LogP contribution in [0.1, 0.15) is 25.5 Å². The Hall–Kier alpha value is -2.86. The van der Waals surface area contributed by atoms with E-state index in [9.17, 15) is 0 Å². The molecule has 0 bridgehead atoms. The van der Waals surface area contributed by atoms with Crippen LogP contribution >= 0.6 is 0 Å².